The van der Waals surface area contributed by atoms with E-state index >= 15 is 0 Å². The summed E-state index contributed by atoms with van der Waals surface area (Å²) in [6, 6.07) is 2.58. The first-order chi connectivity index (χ1) is 9.70. The van der Waals surface area contributed by atoms with Crippen LogP contribution in [0.4, 0.5) is 0 Å². The Morgan fingerprint density at radius 2 is 1.55 bits per heavy atom. The molecule has 2 nitrogen and oxygen atoms in total. The van der Waals surface area contributed by atoms with E-state index in [2.05, 4.69) is 31.0 Å². The van der Waals surface area contributed by atoms with Gasteiger partial charge in [-0.3, -0.25) is 4.90 Å². The predicted octanol–water partition coefficient (Wildman–Crippen LogP) is 4.20. The number of nitrogens with zero attached hydrogens (tertiary/aromatic N) is 1. The van der Waals surface area contributed by atoms with Gasteiger partial charge in [-0.25, -0.2) is 0 Å². The van der Waals surface area contributed by atoms with Crippen LogP contribution < -0.4 is 5.32 Å². The quantitative estimate of drug-likeness (QED) is 0.752. The average molecular weight is 280 g/mol. The Bertz CT molecular complexity index is 250. The first kappa shape index (κ1) is 16.3. The minimum atomic E-state index is 0.802. The summed E-state index contributed by atoms with van der Waals surface area (Å²) in [6.07, 6.45) is 12.7. The van der Waals surface area contributed by atoms with Crippen LogP contribution >= 0.6 is 0 Å². The summed E-state index contributed by atoms with van der Waals surface area (Å²) in [7, 11) is 0. The lowest BCUT2D eigenvalue weighted by Gasteiger charge is -2.41. The highest BCUT2D eigenvalue weighted by Gasteiger charge is 2.31. The van der Waals surface area contributed by atoms with E-state index in [0.717, 1.165) is 24.0 Å². The molecule has 2 heteroatoms. The van der Waals surface area contributed by atoms with Gasteiger partial charge in [-0.1, -0.05) is 33.6 Å². The maximum atomic E-state index is 3.72. The van der Waals surface area contributed by atoms with Gasteiger partial charge in [-0.15, -0.1) is 0 Å². The molecule has 2 fully saturated rings. The van der Waals surface area contributed by atoms with Crippen molar-refractivity contribution in [1.82, 2.24) is 10.2 Å². The summed E-state index contributed by atoms with van der Waals surface area (Å²) in [5, 5.41) is 3.72. The van der Waals surface area contributed by atoms with Gasteiger partial charge < -0.3 is 5.32 Å². The maximum Gasteiger partial charge on any atom is 0.00994 e. The third kappa shape index (κ3) is 4.73. The fourth-order valence-corrected chi connectivity index (χ4v) is 4.21. The van der Waals surface area contributed by atoms with Crippen LogP contribution in [0.15, 0.2) is 0 Å². The Morgan fingerprint density at radius 1 is 0.950 bits per heavy atom. The molecule has 0 bridgehead atoms. The van der Waals surface area contributed by atoms with Crippen molar-refractivity contribution in [3.8, 4) is 0 Å². The molecule has 0 aromatic carbocycles. The van der Waals surface area contributed by atoms with Crippen molar-refractivity contribution < 1.29 is 0 Å². The summed E-state index contributed by atoms with van der Waals surface area (Å²) in [6.45, 7) is 9.56. The molecule has 0 aromatic rings. The second-order valence-electron chi connectivity index (χ2n) is 7.49. The van der Waals surface area contributed by atoms with Crippen molar-refractivity contribution in [3.05, 3.63) is 0 Å². The van der Waals surface area contributed by atoms with Gasteiger partial charge in [0, 0.05) is 24.7 Å². The van der Waals surface area contributed by atoms with Gasteiger partial charge in [-0.2, -0.15) is 0 Å². The lowest BCUT2D eigenvalue weighted by atomic mass is 9.88. The molecule has 2 aliphatic rings. The number of hydrogen-bond acceptors (Lipinski definition) is 2. The molecule has 0 spiro atoms. The van der Waals surface area contributed by atoms with Crippen molar-refractivity contribution in [2.75, 3.05) is 13.1 Å². The van der Waals surface area contributed by atoms with Gasteiger partial charge in [0.1, 0.15) is 0 Å². The van der Waals surface area contributed by atoms with Gasteiger partial charge in [-0.05, 0) is 57.4 Å². The smallest absolute Gasteiger partial charge is 0.00994 e. The highest BCUT2D eigenvalue weighted by Crippen LogP contribution is 2.31. The summed E-state index contributed by atoms with van der Waals surface area (Å²) < 4.78 is 0. The molecular weight excluding hydrogens is 244 g/mol. The maximum absolute atomic E-state index is 3.72. The molecule has 0 aromatic heterocycles. The molecule has 2 aliphatic carbocycles. The van der Waals surface area contributed by atoms with E-state index in [1.807, 2.05) is 0 Å². The first-order valence-electron chi connectivity index (χ1n) is 9.19. The average Bonchev–Trinajstić information content (AvgIpc) is 2.97. The number of nitrogens with one attached hydrogen (secondary N) is 1. The van der Waals surface area contributed by atoms with Crippen molar-refractivity contribution in [2.24, 2.45) is 5.92 Å². The normalized spacial score (nSPS) is 28.6. The predicted molar refractivity (Wildman–Crippen MR) is 88.1 cm³/mol. The number of hydrogen-bond donors (Lipinski definition) is 1. The van der Waals surface area contributed by atoms with E-state index in [4.69, 9.17) is 0 Å². The molecular formula is C18H36N2. The number of rotatable bonds is 7. The third-order valence-electron chi connectivity index (χ3n) is 5.22. The molecule has 1 N–H and O–H groups in total. The van der Waals surface area contributed by atoms with Crippen molar-refractivity contribution >= 4 is 0 Å². The second kappa shape index (κ2) is 8.38. The molecule has 20 heavy (non-hydrogen) atoms. The standard InChI is InChI=1S/C18H36N2/c1-4-13-19-16-9-11-18(12-10-16)20(14-15(2)3)17-7-5-6-8-17/h15-19H,4-14H2,1-3H3. The molecule has 2 rings (SSSR count). The van der Waals surface area contributed by atoms with E-state index in [-0.39, 0.29) is 0 Å². The minimum Gasteiger partial charge on any atom is -0.314 e. The zero-order chi connectivity index (χ0) is 14.4. The largest absolute Gasteiger partial charge is 0.314 e. The molecule has 118 valence electrons. The fourth-order valence-electron chi connectivity index (χ4n) is 4.21. The lowest BCUT2D eigenvalue weighted by Crippen LogP contribution is -2.47. The lowest BCUT2D eigenvalue weighted by molar-refractivity contribution is 0.0849. The highest BCUT2D eigenvalue weighted by atomic mass is 15.2. The first-order valence-corrected chi connectivity index (χ1v) is 9.19. The molecule has 0 unspecified atom stereocenters. The van der Waals surface area contributed by atoms with Gasteiger partial charge in [0.25, 0.3) is 0 Å². The van der Waals surface area contributed by atoms with Crippen LogP contribution in [0.2, 0.25) is 0 Å². The monoisotopic (exact) mass is 280 g/mol. The molecule has 0 atom stereocenters. The van der Waals surface area contributed by atoms with Crippen LogP contribution in [-0.4, -0.2) is 36.1 Å². The molecule has 0 aliphatic heterocycles. The van der Waals surface area contributed by atoms with E-state index in [0.29, 0.717) is 0 Å². The summed E-state index contributed by atoms with van der Waals surface area (Å²) in [5.41, 5.74) is 0. The Morgan fingerprint density at radius 3 is 2.10 bits per heavy atom. The van der Waals surface area contributed by atoms with Crippen LogP contribution in [-0.2, 0) is 0 Å². The topological polar surface area (TPSA) is 15.3 Å². The highest BCUT2D eigenvalue weighted by molar-refractivity contribution is 4.88. The van der Waals surface area contributed by atoms with Crippen molar-refractivity contribution in [3.63, 3.8) is 0 Å². The van der Waals surface area contributed by atoms with E-state index in [9.17, 15) is 0 Å². The van der Waals surface area contributed by atoms with Gasteiger partial charge >= 0.3 is 0 Å². The van der Waals surface area contributed by atoms with E-state index in [1.54, 1.807) is 0 Å². The summed E-state index contributed by atoms with van der Waals surface area (Å²) in [5.74, 6) is 0.812. The molecule has 2 saturated carbocycles. The van der Waals surface area contributed by atoms with Gasteiger partial charge in [0.15, 0.2) is 0 Å². The Labute approximate surface area is 126 Å². The third-order valence-corrected chi connectivity index (χ3v) is 5.22. The molecule has 0 saturated heterocycles. The zero-order valence-electron chi connectivity index (χ0n) is 14.0. The van der Waals surface area contributed by atoms with Crippen molar-refractivity contribution in [2.45, 2.75) is 96.7 Å². The van der Waals surface area contributed by atoms with Crippen LogP contribution in [0.5, 0.6) is 0 Å². The van der Waals surface area contributed by atoms with Crippen LogP contribution in [0.1, 0.15) is 78.6 Å². The Balaban J connectivity index is 1.83. The van der Waals surface area contributed by atoms with Crippen LogP contribution in [0, 0.1) is 5.92 Å². The van der Waals surface area contributed by atoms with E-state index < -0.39 is 0 Å². The minimum absolute atomic E-state index is 0.802. The second-order valence-corrected chi connectivity index (χ2v) is 7.49. The molecule has 0 amide bonds. The van der Waals surface area contributed by atoms with Gasteiger partial charge in [0.2, 0.25) is 0 Å². The van der Waals surface area contributed by atoms with Crippen LogP contribution in [0.25, 0.3) is 0 Å². The molecule has 0 heterocycles. The summed E-state index contributed by atoms with van der Waals surface area (Å²) in [4.78, 5) is 2.91. The zero-order valence-corrected chi connectivity index (χ0v) is 14.0. The summed E-state index contributed by atoms with van der Waals surface area (Å²) >= 11 is 0. The molecule has 0 radical (unpaired) electrons. The fraction of sp³-hybridized carbons (Fsp3) is 1.00. The van der Waals surface area contributed by atoms with E-state index in [1.165, 1.54) is 70.9 Å². The van der Waals surface area contributed by atoms with Gasteiger partial charge in [0.05, 0.1) is 0 Å². The van der Waals surface area contributed by atoms with Crippen LogP contribution in [0.3, 0.4) is 0 Å². The van der Waals surface area contributed by atoms with Crippen molar-refractivity contribution in [1.29, 1.82) is 0 Å². The Kier molecular flexibility index (Phi) is 6.83. The Hall–Kier alpha value is -0.0800. The SMILES string of the molecule is CCCNC1CCC(N(CC(C)C)C2CCCC2)CC1.